The van der Waals surface area contributed by atoms with E-state index in [0.29, 0.717) is 81.1 Å². The predicted octanol–water partition coefficient (Wildman–Crippen LogP) is 6.33. The Kier molecular flexibility index (Phi) is 24.1. The van der Waals surface area contributed by atoms with Crippen molar-refractivity contribution in [1.29, 1.82) is 0 Å². The van der Waals surface area contributed by atoms with E-state index in [-0.39, 0.29) is 67.2 Å². The van der Waals surface area contributed by atoms with E-state index < -0.39 is 5.60 Å². The summed E-state index contributed by atoms with van der Waals surface area (Å²) in [4.78, 5) is 96.9. The number of ether oxygens (including phenoxy) is 6. The van der Waals surface area contributed by atoms with E-state index in [4.69, 9.17) is 28.4 Å². The quantitative estimate of drug-likeness (QED) is 0.197. The van der Waals surface area contributed by atoms with Gasteiger partial charge in [0.25, 0.3) is 0 Å². The van der Waals surface area contributed by atoms with E-state index in [1.165, 1.54) is 34.2 Å². The third-order valence-corrected chi connectivity index (χ3v) is 18.6. The van der Waals surface area contributed by atoms with Gasteiger partial charge in [-0.25, -0.2) is 14.4 Å². The lowest BCUT2D eigenvalue weighted by Gasteiger charge is -2.52. The molecular formula is C59H102N8O13. The minimum absolute atomic E-state index is 0. The molecule has 0 aromatic carbocycles. The molecule has 0 bridgehead atoms. The van der Waals surface area contributed by atoms with Crippen LogP contribution in [-0.4, -0.2) is 244 Å². The highest BCUT2D eigenvalue weighted by Gasteiger charge is 2.52. The summed E-state index contributed by atoms with van der Waals surface area (Å²) in [5.41, 5.74) is -0.0120. The molecule has 0 aromatic rings. The topological polar surface area (TPSA) is 210 Å². The van der Waals surface area contributed by atoms with Crippen LogP contribution in [0, 0.1) is 10.8 Å². The molecule has 10 fully saturated rings. The van der Waals surface area contributed by atoms with Crippen LogP contribution in [0.2, 0.25) is 0 Å². The average Bonchev–Trinajstić information content (AvgIpc) is 4.33. The van der Waals surface area contributed by atoms with Crippen LogP contribution in [0.5, 0.6) is 0 Å². The van der Waals surface area contributed by atoms with Gasteiger partial charge in [-0.15, -0.1) is 0 Å². The number of rotatable bonds is 9. The highest BCUT2D eigenvalue weighted by molar-refractivity contribution is 5.86. The van der Waals surface area contributed by atoms with Gasteiger partial charge in [-0.05, 0) is 189 Å². The number of piperidine rings is 3. The number of hydrogen-bond donors (Lipinski definition) is 1. The summed E-state index contributed by atoms with van der Waals surface area (Å²) in [6.07, 6.45) is 17.6. The van der Waals surface area contributed by atoms with Gasteiger partial charge in [0.05, 0.1) is 34.5 Å². The molecule has 8 saturated heterocycles. The Morgan fingerprint density at radius 2 is 0.912 bits per heavy atom. The number of nitrogens with zero attached hydrogens (tertiary/aromatic N) is 7. The molecule has 21 nitrogen and oxygen atoms in total. The Balaban J connectivity index is 0.000000178. The number of Topliss-reactive ketones (excluding diaryl/α,β-unsaturated/α-hetero) is 1. The van der Waals surface area contributed by atoms with Crippen molar-refractivity contribution >= 4 is 42.0 Å². The molecule has 21 heteroatoms. The minimum Gasteiger partial charge on any atom is -0.468 e. The van der Waals surface area contributed by atoms with Crippen LogP contribution in [-0.2, 0) is 47.6 Å². The molecule has 3 atom stereocenters. The van der Waals surface area contributed by atoms with E-state index in [1.807, 2.05) is 32.6 Å². The van der Waals surface area contributed by atoms with E-state index in [1.54, 1.807) is 16.7 Å². The number of hydrogen-bond acceptors (Lipinski definition) is 18. The van der Waals surface area contributed by atoms with Crippen LogP contribution in [0.3, 0.4) is 0 Å². The Labute approximate surface area is 478 Å². The molecule has 0 radical (unpaired) electrons. The summed E-state index contributed by atoms with van der Waals surface area (Å²) in [6.45, 7) is 22.1. The summed E-state index contributed by atoms with van der Waals surface area (Å²) in [6, 6.07) is 2.01. The highest BCUT2D eigenvalue weighted by Crippen LogP contribution is 2.51. The minimum atomic E-state index is -0.459. The van der Waals surface area contributed by atoms with Crippen molar-refractivity contribution in [3.05, 3.63) is 0 Å². The second kappa shape index (κ2) is 29.8. The number of amides is 3. The monoisotopic (exact) mass is 1130 g/mol. The van der Waals surface area contributed by atoms with Gasteiger partial charge in [-0.3, -0.25) is 33.9 Å². The van der Waals surface area contributed by atoms with Crippen molar-refractivity contribution in [1.82, 2.24) is 39.6 Å². The first-order valence-corrected chi connectivity index (χ1v) is 30.1. The smallest absolute Gasteiger partial charge is 0.410 e. The van der Waals surface area contributed by atoms with Gasteiger partial charge in [0.1, 0.15) is 29.5 Å². The molecule has 0 unspecified atom stereocenters. The normalized spacial score (nSPS) is 28.4. The molecule has 3 amide bonds. The molecule has 80 heavy (non-hydrogen) atoms. The standard InChI is InChI=1S/C21H35N3O4.C16H28N2O4.C11H20N2O2.C10H15NO3.CH4/c1-3-28-20(26)23-12-8-21(15-23)13-17(14-21)22-10-6-16(7-11-22)24-9-4-5-18(24)19(25)27-2;1-16(2,3)22-15(20)17-10-7-12(8-11-17)18-9-5-6-13(18)14(19)21-4;1-15-11(14)10-3-2-8-13(10)9-4-6-12-7-5-9;1-2-14-9(13)11-4-3-10(7-11)5-8(12)6-10;/h16-18H,3-15H2,1-2H3;12-13H,5-11H2,1-4H3;9-10,12H,2-8H2,1H3;2-7H2,1H3;1H4/t17?,18-,21?;13-;10-;;/m111../s1. The Morgan fingerprint density at radius 3 is 1.31 bits per heavy atom. The van der Waals surface area contributed by atoms with Crippen LogP contribution in [0.1, 0.15) is 158 Å². The van der Waals surface area contributed by atoms with Gasteiger partial charge in [0, 0.05) is 81.7 Å². The van der Waals surface area contributed by atoms with Gasteiger partial charge >= 0.3 is 36.2 Å². The van der Waals surface area contributed by atoms with E-state index in [2.05, 4.69) is 24.9 Å². The molecule has 2 saturated carbocycles. The number of likely N-dealkylation sites (tertiary alicyclic amines) is 7. The number of carbonyl (C=O) groups excluding carboxylic acids is 7. The first-order chi connectivity index (χ1) is 37.8. The lowest BCUT2D eigenvalue weighted by atomic mass is 9.64. The summed E-state index contributed by atoms with van der Waals surface area (Å²) in [5.74, 6) is 0.0852. The second-order valence-electron chi connectivity index (χ2n) is 24.9. The molecule has 8 heterocycles. The lowest BCUT2D eigenvalue weighted by Crippen LogP contribution is -2.56. The zero-order chi connectivity index (χ0) is 56.9. The van der Waals surface area contributed by atoms with Crippen LogP contribution in [0.15, 0.2) is 0 Å². The molecule has 10 rings (SSSR count). The molecule has 456 valence electrons. The summed E-state index contributed by atoms with van der Waals surface area (Å²) >= 11 is 0. The van der Waals surface area contributed by atoms with E-state index >= 15 is 0 Å². The molecule has 1 N–H and O–H groups in total. The number of carbonyl (C=O) groups is 7. The molecule has 2 aliphatic carbocycles. The van der Waals surface area contributed by atoms with Crippen molar-refractivity contribution in [3.8, 4) is 0 Å². The fourth-order valence-electron chi connectivity index (χ4n) is 14.5. The molecule has 0 aromatic heterocycles. The molecule has 2 spiro atoms. The Bertz CT molecular complexity index is 2040. The van der Waals surface area contributed by atoms with Crippen molar-refractivity contribution < 1.29 is 62.0 Å². The summed E-state index contributed by atoms with van der Waals surface area (Å²) in [5, 5.41) is 3.35. The number of methoxy groups -OCH3 is 3. The number of esters is 3. The van der Waals surface area contributed by atoms with Crippen LogP contribution >= 0.6 is 0 Å². The van der Waals surface area contributed by atoms with Crippen molar-refractivity contribution in [2.24, 2.45) is 10.8 Å². The van der Waals surface area contributed by atoms with E-state index in [9.17, 15) is 33.6 Å². The van der Waals surface area contributed by atoms with Gasteiger partial charge in [0.15, 0.2) is 0 Å². The first kappa shape index (κ1) is 64.9. The van der Waals surface area contributed by atoms with Crippen LogP contribution in [0.4, 0.5) is 14.4 Å². The zero-order valence-corrected chi connectivity index (χ0v) is 49.3. The summed E-state index contributed by atoms with van der Waals surface area (Å²) < 4.78 is 30.3. The third kappa shape index (κ3) is 16.7. The SMILES string of the molecule is C.CCOC(=O)N1CCC2(CC(=O)C2)C1.CCOC(=O)N1CCC2(CC(N3CCC(N4CCC[C@@H]4C(=O)OC)CC3)C2)C1.COC(=O)[C@H]1CCCN1C1CCN(C(=O)OC(C)(C)C)CC1.COC(=O)[C@H]1CCCN1C1CCNCC1. The molecular weight excluding hydrogens is 1030 g/mol. The van der Waals surface area contributed by atoms with Crippen molar-refractivity contribution in [2.75, 3.05) is 120 Å². The van der Waals surface area contributed by atoms with Crippen molar-refractivity contribution in [2.45, 2.75) is 206 Å². The predicted molar refractivity (Wildman–Crippen MR) is 302 cm³/mol. The highest BCUT2D eigenvalue weighted by atomic mass is 16.6. The third-order valence-electron chi connectivity index (χ3n) is 18.6. The maximum atomic E-state index is 12.1. The Hall–Kier alpha value is -4.31. The Morgan fingerprint density at radius 1 is 0.512 bits per heavy atom. The fraction of sp³-hybridized carbons (Fsp3) is 0.881. The maximum Gasteiger partial charge on any atom is 0.410 e. The van der Waals surface area contributed by atoms with Gasteiger partial charge in [-0.2, -0.15) is 0 Å². The first-order valence-electron chi connectivity index (χ1n) is 30.1. The lowest BCUT2D eigenvalue weighted by molar-refractivity contribution is -0.147. The maximum absolute atomic E-state index is 12.1. The van der Waals surface area contributed by atoms with Gasteiger partial charge in [0.2, 0.25) is 0 Å². The average molecular weight is 1130 g/mol. The van der Waals surface area contributed by atoms with Gasteiger partial charge < -0.3 is 53.3 Å². The van der Waals surface area contributed by atoms with Crippen LogP contribution in [0.25, 0.3) is 0 Å². The number of ketones is 1. The second-order valence-corrected chi connectivity index (χ2v) is 24.9. The molecule has 10 aliphatic rings. The summed E-state index contributed by atoms with van der Waals surface area (Å²) in [7, 11) is 4.44. The van der Waals surface area contributed by atoms with E-state index in [0.717, 1.165) is 155 Å². The van der Waals surface area contributed by atoms with Gasteiger partial charge in [-0.1, -0.05) is 7.43 Å². The van der Waals surface area contributed by atoms with Crippen molar-refractivity contribution in [3.63, 3.8) is 0 Å². The van der Waals surface area contributed by atoms with Crippen LogP contribution < -0.4 is 5.32 Å². The molecule has 8 aliphatic heterocycles. The zero-order valence-electron chi connectivity index (χ0n) is 49.3. The fourth-order valence-corrected chi connectivity index (χ4v) is 14.5. The largest absolute Gasteiger partial charge is 0.468 e. The number of nitrogens with one attached hydrogen (secondary N) is 1.